The smallest absolute Gasteiger partial charge is 0.255 e. The molecule has 4 rings (SSSR count). The van der Waals surface area contributed by atoms with Gasteiger partial charge in [-0.15, -0.1) is 0 Å². The lowest BCUT2D eigenvalue weighted by Crippen LogP contribution is -2.36. The molecule has 134 valence electrons. The van der Waals surface area contributed by atoms with E-state index in [1.54, 1.807) is 31.4 Å². The fourth-order valence-corrected chi connectivity index (χ4v) is 2.97. The van der Waals surface area contributed by atoms with E-state index < -0.39 is 0 Å². The highest BCUT2D eigenvalue weighted by Crippen LogP contribution is 2.30. The van der Waals surface area contributed by atoms with Gasteiger partial charge in [0.1, 0.15) is 5.75 Å². The molecule has 2 aromatic carbocycles. The van der Waals surface area contributed by atoms with Crippen molar-refractivity contribution in [3.8, 4) is 5.75 Å². The molecule has 8 heteroatoms. The number of morpholine rings is 1. The van der Waals surface area contributed by atoms with Gasteiger partial charge in [0.15, 0.2) is 11.0 Å². The second-order valence-electron chi connectivity index (χ2n) is 5.88. The Morgan fingerprint density at radius 1 is 1.15 bits per heavy atom. The Morgan fingerprint density at radius 3 is 2.77 bits per heavy atom. The lowest BCUT2D eigenvalue weighted by molar-refractivity contribution is 0.102. The summed E-state index contributed by atoms with van der Waals surface area (Å²) < 4.78 is 15.5. The molecule has 0 saturated carbocycles. The van der Waals surface area contributed by atoms with Gasteiger partial charge in [-0.1, -0.05) is 6.07 Å². The molecule has 1 amide bonds. The highest BCUT2D eigenvalue weighted by molar-refractivity contribution is 6.09. The van der Waals surface area contributed by atoms with Crippen molar-refractivity contribution < 1.29 is 18.9 Å². The van der Waals surface area contributed by atoms with Crippen molar-refractivity contribution in [2.75, 3.05) is 43.6 Å². The van der Waals surface area contributed by atoms with Crippen LogP contribution in [0.4, 0.5) is 11.4 Å². The van der Waals surface area contributed by atoms with Gasteiger partial charge < -0.3 is 19.7 Å². The first-order chi connectivity index (χ1) is 12.8. The van der Waals surface area contributed by atoms with Crippen LogP contribution in [0.5, 0.6) is 5.75 Å². The van der Waals surface area contributed by atoms with Crippen LogP contribution >= 0.6 is 0 Å². The maximum atomic E-state index is 12.6. The molecule has 1 fully saturated rings. The third-order valence-electron chi connectivity index (χ3n) is 4.33. The molecule has 1 aliphatic heterocycles. The minimum absolute atomic E-state index is 0.257. The quantitative estimate of drug-likeness (QED) is 0.769. The largest absolute Gasteiger partial charge is 0.497 e. The van der Waals surface area contributed by atoms with Crippen molar-refractivity contribution in [3.63, 3.8) is 0 Å². The maximum absolute atomic E-state index is 12.6. The predicted molar refractivity (Wildman–Crippen MR) is 95.8 cm³/mol. The van der Waals surface area contributed by atoms with Gasteiger partial charge in [0.2, 0.25) is 0 Å². The van der Waals surface area contributed by atoms with Gasteiger partial charge in [0, 0.05) is 18.7 Å². The van der Waals surface area contributed by atoms with Crippen molar-refractivity contribution in [1.29, 1.82) is 0 Å². The number of carbonyl (C=O) groups excluding carboxylic acids is 1. The highest BCUT2D eigenvalue weighted by atomic mass is 16.6. The predicted octanol–water partition coefficient (Wildman–Crippen LogP) is 2.32. The molecule has 0 spiro atoms. The van der Waals surface area contributed by atoms with Crippen molar-refractivity contribution in [1.82, 2.24) is 10.3 Å². The monoisotopic (exact) mass is 354 g/mol. The third-order valence-corrected chi connectivity index (χ3v) is 4.33. The van der Waals surface area contributed by atoms with Gasteiger partial charge in [-0.25, -0.2) is 4.63 Å². The Balaban J connectivity index is 1.63. The van der Waals surface area contributed by atoms with E-state index in [9.17, 15) is 4.79 Å². The summed E-state index contributed by atoms with van der Waals surface area (Å²) in [7, 11) is 1.56. The first-order valence-electron chi connectivity index (χ1n) is 8.29. The number of methoxy groups -OCH3 is 1. The van der Waals surface area contributed by atoms with E-state index in [2.05, 4.69) is 20.5 Å². The van der Waals surface area contributed by atoms with Gasteiger partial charge in [-0.05, 0) is 40.6 Å². The molecule has 1 N–H and O–H groups in total. The van der Waals surface area contributed by atoms with Crippen molar-refractivity contribution in [2.45, 2.75) is 0 Å². The normalized spacial score (nSPS) is 14.4. The van der Waals surface area contributed by atoms with Crippen molar-refractivity contribution >= 4 is 28.3 Å². The number of benzene rings is 2. The first-order valence-corrected chi connectivity index (χ1v) is 8.29. The summed E-state index contributed by atoms with van der Waals surface area (Å²) in [6.07, 6.45) is 0. The summed E-state index contributed by atoms with van der Waals surface area (Å²) in [5.41, 5.74) is 3.10. The van der Waals surface area contributed by atoms with E-state index >= 15 is 0 Å². The molecule has 1 aliphatic rings. The SMILES string of the molecule is COc1cccc(C(=O)Nc2ccc(N3CCOCC3)c3nonc23)c1. The Labute approximate surface area is 149 Å². The third kappa shape index (κ3) is 3.06. The van der Waals surface area contributed by atoms with E-state index in [1.807, 2.05) is 12.1 Å². The summed E-state index contributed by atoms with van der Waals surface area (Å²) >= 11 is 0. The summed E-state index contributed by atoms with van der Waals surface area (Å²) in [6.45, 7) is 2.89. The fraction of sp³-hybridized carbons (Fsp3) is 0.278. The number of ether oxygens (including phenoxy) is 2. The Bertz CT molecular complexity index is 934. The molecular weight excluding hydrogens is 336 g/mol. The van der Waals surface area contributed by atoms with Gasteiger partial charge in [-0.2, -0.15) is 0 Å². The number of fused-ring (bicyclic) bond motifs is 1. The molecule has 3 aromatic rings. The Hall–Kier alpha value is -3.13. The number of carbonyl (C=O) groups is 1. The number of hydrogen-bond donors (Lipinski definition) is 1. The highest BCUT2D eigenvalue weighted by Gasteiger charge is 2.20. The zero-order valence-corrected chi connectivity index (χ0v) is 14.3. The number of hydrogen-bond acceptors (Lipinski definition) is 7. The number of amides is 1. The average molecular weight is 354 g/mol. The Morgan fingerprint density at radius 2 is 1.96 bits per heavy atom. The van der Waals surface area contributed by atoms with E-state index in [0.29, 0.717) is 41.2 Å². The van der Waals surface area contributed by atoms with E-state index in [4.69, 9.17) is 14.1 Å². The van der Waals surface area contributed by atoms with Crippen LogP contribution in [0.3, 0.4) is 0 Å². The zero-order valence-electron chi connectivity index (χ0n) is 14.3. The molecule has 0 aliphatic carbocycles. The van der Waals surface area contributed by atoms with Crippen molar-refractivity contribution in [3.05, 3.63) is 42.0 Å². The minimum Gasteiger partial charge on any atom is -0.497 e. The van der Waals surface area contributed by atoms with Gasteiger partial charge in [-0.3, -0.25) is 4.79 Å². The van der Waals surface area contributed by atoms with Crippen LogP contribution in [-0.4, -0.2) is 49.6 Å². The van der Waals surface area contributed by atoms with Gasteiger partial charge in [0.05, 0.1) is 31.7 Å². The minimum atomic E-state index is -0.257. The number of rotatable bonds is 4. The second kappa shape index (κ2) is 7.01. The van der Waals surface area contributed by atoms with Crippen LogP contribution in [0.25, 0.3) is 11.0 Å². The van der Waals surface area contributed by atoms with E-state index in [0.717, 1.165) is 18.8 Å². The van der Waals surface area contributed by atoms with E-state index in [1.165, 1.54) is 0 Å². The summed E-state index contributed by atoms with van der Waals surface area (Å²) in [5.74, 6) is 0.362. The Kier molecular flexibility index (Phi) is 4.40. The maximum Gasteiger partial charge on any atom is 0.255 e. The number of anilines is 2. The van der Waals surface area contributed by atoms with Gasteiger partial charge in [0.25, 0.3) is 5.91 Å². The second-order valence-corrected chi connectivity index (χ2v) is 5.88. The number of nitrogens with zero attached hydrogens (tertiary/aromatic N) is 3. The van der Waals surface area contributed by atoms with Crippen LogP contribution in [0, 0.1) is 0 Å². The molecular formula is C18H18N4O4. The molecule has 1 aromatic heterocycles. The molecule has 0 bridgehead atoms. The van der Waals surface area contributed by atoms with Crippen LogP contribution in [0.15, 0.2) is 41.0 Å². The average Bonchev–Trinajstić information content (AvgIpc) is 3.19. The van der Waals surface area contributed by atoms with Crippen LogP contribution in [0.2, 0.25) is 0 Å². The topological polar surface area (TPSA) is 89.7 Å². The molecule has 0 unspecified atom stereocenters. The zero-order chi connectivity index (χ0) is 17.9. The van der Waals surface area contributed by atoms with Crippen LogP contribution in [0.1, 0.15) is 10.4 Å². The van der Waals surface area contributed by atoms with E-state index in [-0.39, 0.29) is 5.91 Å². The lowest BCUT2D eigenvalue weighted by Gasteiger charge is -2.28. The molecule has 2 heterocycles. The summed E-state index contributed by atoms with van der Waals surface area (Å²) in [4.78, 5) is 14.7. The summed E-state index contributed by atoms with van der Waals surface area (Å²) in [5, 5.41) is 10.9. The molecule has 0 radical (unpaired) electrons. The number of nitrogens with one attached hydrogen (secondary N) is 1. The first kappa shape index (κ1) is 16.3. The summed E-state index contributed by atoms with van der Waals surface area (Å²) in [6, 6.07) is 10.7. The standard InChI is InChI=1S/C18H18N4O4/c1-24-13-4-2-3-12(11-13)18(23)19-14-5-6-15(17-16(14)20-26-21-17)22-7-9-25-10-8-22/h2-6,11H,7-10H2,1H3,(H,19,23). The number of aromatic nitrogens is 2. The lowest BCUT2D eigenvalue weighted by atomic mass is 10.1. The fourth-order valence-electron chi connectivity index (χ4n) is 2.97. The molecule has 0 atom stereocenters. The van der Waals surface area contributed by atoms with Crippen LogP contribution < -0.4 is 15.0 Å². The molecule has 8 nitrogen and oxygen atoms in total. The molecule has 1 saturated heterocycles. The van der Waals surface area contributed by atoms with Gasteiger partial charge >= 0.3 is 0 Å². The molecule has 26 heavy (non-hydrogen) atoms. The van der Waals surface area contributed by atoms with Crippen LogP contribution in [-0.2, 0) is 4.74 Å². The van der Waals surface area contributed by atoms with Crippen molar-refractivity contribution in [2.24, 2.45) is 0 Å².